The molecule has 8 aromatic carbocycles. The van der Waals surface area contributed by atoms with E-state index in [1.54, 1.807) is 0 Å². The summed E-state index contributed by atoms with van der Waals surface area (Å²) in [6.07, 6.45) is 0. The average Bonchev–Trinajstić information content (AvgIpc) is 3.72. The highest BCUT2D eigenvalue weighted by atomic mass is 28.3. The average molecular weight is 733 g/mol. The van der Waals surface area contributed by atoms with Crippen LogP contribution in [0.15, 0.2) is 182 Å². The van der Waals surface area contributed by atoms with E-state index < -0.39 is 8.07 Å². The van der Waals surface area contributed by atoms with Crippen LogP contribution < -0.4 is 10.4 Å². The second-order valence-electron chi connectivity index (χ2n) is 15.2. The lowest BCUT2D eigenvalue weighted by Crippen LogP contribution is -2.49. The molecule has 0 spiro atoms. The van der Waals surface area contributed by atoms with Gasteiger partial charge in [-0.1, -0.05) is 165 Å². The van der Waals surface area contributed by atoms with E-state index >= 15 is 0 Å². The molecule has 0 saturated heterocycles. The van der Waals surface area contributed by atoms with Gasteiger partial charge in [0.05, 0.1) is 11.0 Å². The van der Waals surface area contributed by atoms with Gasteiger partial charge in [0.2, 0.25) is 0 Å². The van der Waals surface area contributed by atoms with Gasteiger partial charge >= 0.3 is 0 Å². The molecular weight excluding hydrogens is 697 g/mol. The van der Waals surface area contributed by atoms with Gasteiger partial charge in [-0.05, 0) is 73.7 Å². The second-order valence-corrected chi connectivity index (χ2v) is 19.5. The fraction of sp³-hybridized carbons (Fsp3) is 0.0392. The van der Waals surface area contributed by atoms with Crippen molar-refractivity contribution in [2.75, 3.05) is 0 Å². The maximum atomic E-state index is 5.32. The highest BCUT2D eigenvalue weighted by Crippen LogP contribution is 2.45. The molecule has 4 nitrogen and oxygen atoms in total. The van der Waals surface area contributed by atoms with Crippen molar-refractivity contribution in [2.45, 2.75) is 13.1 Å². The van der Waals surface area contributed by atoms with Crippen molar-refractivity contribution < 1.29 is 0 Å². The Bertz CT molecular complexity index is 3080. The van der Waals surface area contributed by atoms with Crippen LogP contribution in [0.2, 0.25) is 13.1 Å². The number of rotatable bonds is 5. The molecule has 0 N–H and O–H groups in total. The van der Waals surface area contributed by atoms with Crippen LogP contribution in [0.25, 0.3) is 94.7 Å². The normalized spacial score (nSPS) is 13.0. The molecule has 3 heterocycles. The van der Waals surface area contributed by atoms with Crippen LogP contribution in [0, 0.1) is 0 Å². The molecule has 0 bridgehead atoms. The highest BCUT2D eigenvalue weighted by Gasteiger charge is 2.40. The molecule has 0 aliphatic carbocycles. The molecule has 56 heavy (non-hydrogen) atoms. The summed E-state index contributed by atoms with van der Waals surface area (Å²) in [6, 6.07) is 65.1. The summed E-state index contributed by atoms with van der Waals surface area (Å²) in [5.41, 5.74) is 11.4. The van der Waals surface area contributed by atoms with E-state index in [2.05, 4.69) is 163 Å². The van der Waals surface area contributed by atoms with Gasteiger partial charge in [0, 0.05) is 33.2 Å². The maximum Gasteiger partial charge on any atom is 0.164 e. The summed E-state index contributed by atoms with van der Waals surface area (Å²) in [5, 5.41) is 7.92. The molecule has 11 rings (SSSR count). The van der Waals surface area contributed by atoms with Crippen LogP contribution in [0.4, 0.5) is 0 Å². The zero-order valence-electron chi connectivity index (χ0n) is 31.1. The Kier molecular flexibility index (Phi) is 7.28. The number of hydrogen-bond donors (Lipinski definition) is 0. The number of benzene rings is 8. The summed E-state index contributed by atoms with van der Waals surface area (Å²) < 4.78 is 2.44. The molecule has 5 heteroatoms. The predicted molar refractivity (Wildman–Crippen MR) is 236 cm³/mol. The molecule has 0 radical (unpaired) electrons. The van der Waals surface area contributed by atoms with Crippen LogP contribution in [0.5, 0.6) is 0 Å². The standard InChI is InChI=1S/C51H36N4Si/c1-56(2)45-26-16-15-25-38(45)40-29-28-39-41(51-53-49(34-19-9-4-10-20-34)52-50(54-51)35-21-11-5-12-22-35)32-44-46(47(39)48(40)56)42-31-36(33-17-7-3-8-18-33)27-30-43(42)55(44)37-23-13-6-14-24-37/h3-32H,1-2H3. The summed E-state index contributed by atoms with van der Waals surface area (Å²) >= 11 is 0. The first kappa shape index (κ1) is 32.5. The minimum absolute atomic E-state index is 0.655. The maximum absolute atomic E-state index is 5.32. The molecule has 0 unspecified atom stereocenters. The fourth-order valence-electron chi connectivity index (χ4n) is 9.06. The van der Waals surface area contributed by atoms with Crippen molar-refractivity contribution in [1.82, 2.24) is 19.5 Å². The minimum atomic E-state index is -2.21. The molecule has 10 aromatic rings. The third kappa shape index (κ3) is 4.94. The van der Waals surface area contributed by atoms with E-state index in [9.17, 15) is 0 Å². The van der Waals surface area contributed by atoms with Gasteiger partial charge in [-0.15, -0.1) is 0 Å². The SMILES string of the molecule is C[Si]1(C)c2ccccc2-c2ccc3c(-c4nc(-c5ccccc5)nc(-c5ccccc5)n4)cc4c(c5cc(-c6ccccc6)ccc5n4-c4ccccc4)c3c21. The summed E-state index contributed by atoms with van der Waals surface area (Å²) in [7, 11) is -2.21. The van der Waals surface area contributed by atoms with E-state index in [0.717, 1.165) is 33.3 Å². The van der Waals surface area contributed by atoms with Gasteiger partial charge in [-0.25, -0.2) is 15.0 Å². The molecule has 1 aliphatic rings. The molecule has 1 aliphatic heterocycles. The molecule has 0 amide bonds. The van der Waals surface area contributed by atoms with Crippen molar-refractivity contribution >= 4 is 51.0 Å². The van der Waals surface area contributed by atoms with Crippen LogP contribution in [0.1, 0.15) is 0 Å². The number of fused-ring (bicyclic) bond motifs is 9. The van der Waals surface area contributed by atoms with Gasteiger partial charge in [0.25, 0.3) is 0 Å². The summed E-state index contributed by atoms with van der Waals surface area (Å²) in [5.74, 6) is 1.97. The van der Waals surface area contributed by atoms with E-state index in [0.29, 0.717) is 17.5 Å². The highest BCUT2D eigenvalue weighted by molar-refractivity contribution is 7.05. The Balaban J connectivity index is 1.33. The largest absolute Gasteiger partial charge is 0.309 e. The van der Waals surface area contributed by atoms with Crippen LogP contribution in [-0.2, 0) is 0 Å². The Labute approximate surface area is 326 Å². The van der Waals surface area contributed by atoms with E-state index in [1.807, 2.05) is 36.4 Å². The lowest BCUT2D eigenvalue weighted by atomic mass is 9.94. The van der Waals surface area contributed by atoms with Crippen molar-refractivity contribution in [3.05, 3.63) is 182 Å². The van der Waals surface area contributed by atoms with Crippen LogP contribution in [0.3, 0.4) is 0 Å². The minimum Gasteiger partial charge on any atom is -0.309 e. The Hall–Kier alpha value is -6.95. The van der Waals surface area contributed by atoms with Gasteiger partial charge < -0.3 is 4.57 Å². The van der Waals surface area contributed by atoms with Crippen molar-refractivity contribution in [3.8, 4) is 62.1 Å². The third-order valence-electron chi connectivity index (χ3n) is 11.6. The quantitative estimate of drug-likeness (QED) is 0.166. The topological polar surface area (TPSA) is 43.6 Å². The zero-order valence-corrected chi connectivity index (χ0v) is 32.1. The van der Waals surface area contributed by atoms with E-state index in [1.165, 1.54) is 54.3 Å². The van der Waals surface area contributed by atoms with Gasteiger partial charge in [-0.2, -0.15) is 0 Å². The molecule has 0 saturated carbocycles. The lowest BCUT2D eigenvalue weighted by Gasteiger charge is -2.22. The fourth-order valence-corrected chi connectivity index (χ4v) is 12.5. The molecule has 264 valence electrons. The first-order valence-electron chi connectivity index (χ1n) is 19.2. The lowest BCUT2D eigenvalue weighted by molar-refractivity contribution is 1.08. The smallest absolute Gasteiger partial charge is 0.164 e. The first-order valence-corrected chi connectivity index (χ1v) is 22.2. The molecule has 0 atom stereocenters. The second kappa shape index (κ2) is 12.6. The van der Waals surface area contributed by atoms with Crippen LogP contribution >= 0.6 is 0 Å². The van der Waals surface area contributed by atoms with E-state index in [4.69, 9.17) is 15.0 Å². The number of para-hydroxylation sites is 1. The summed E-state index contributed by atoms with van der Waals surface area (Å²) in [4.78, 5) is 15.7. The predicted octanol–water partition coefficient (Wildman–Crippen LogP) is 11.6. The summed E-state index contributed by atoms with van der Waals surface area (Å²) in [6.45, 7) is 5.04. The third-order valence-corrected chi connectivity index (χ3v) is 15.2. The Morgan fingerprint density at radius 1 is 0.393 bits per heavy atom. The Morgan fingerprint density at radius 3 is 1.62 bits per heavy atom. The molecule has 2 aromatic heterocycles. The van der Waals surface area contributed by atoms with Crippen molar-refractivity contribution in [1.29, 1.82) is 0 Å². The van der Waals surface area contributed by atoms with Gasteiger partial charge in [-0.3, -0.25) is 0 Å². The number of aromatic nitrogens is 4. The van der Waals surface area contributed by atoms with Crippen LogP contribution in [-0.4, -0.2) is 27.6 Å². The van der Waals surface area contributed by atoms with Crippen molar-refractivity contribution in [2.24, 2.45) is 0 Å². The van der Waals surface area contributed by atoms with Gasteiger partial charge in [0.1, 0.15) is 8.07 Å². The molecular formula is C51H36N4Si. The Morgan fingerprint density at radius 2 is 0.964 bits per heavy atom. The van der Waals surface area contributed by atoms with Gasteiger partial charge in [0.15, 0.2) is 17.5 Å². The first-order chi connectivity index (χ1) is 27.5. The number of hydrogen-bond acceptors (Lipinski definition) is 3. The zero-order chi connectivity index (χ0) is 37.4. The van der Waals surface area contributed by atoms with Crippen molar-refractivity contribution in [3.63, 3.8) is 0 Å². The monoisotopic (exact) mass is 732 g/mol. The number of nitrogens with zero attached hydrogens (tertiary/aromatic N) is 4. The van der Waals surface area contributed by atoms with E-state index in [-0.39, 0.29) is 0 Å². The molecule has 0 fully saturated rings.